The summed E-state index contributed by atoms with van der Waals surface area (Å²) in [6.45, 7) is 6.29. The molecule has 1 aromatic carbocycles. The van der Waals surface area contributed by atoms with Gasteiger partial charge >= 0.3 is 0 Å². The zero-order valence-electron chi connectivity index (χ0n) is 12.6. The van der Waals surface area contributed by atoms with Crippen LogP contribution in [0.4, 0.5) is 5.69 Å². The van der Waals surface area contributed by atoms with Crippen molar-refractivity contribution in [1.29, 1.82) is 0 Å². The van der Waals surface area contributed by atoms with Crippen molar-refractivity contribution in [2.75, 3.05) is 5.32 Å². The Morgan fingerprint density at radius 3 is 2.15 bits per heavy atom. The highest BCUT2D eigenvalue weighted by Gasteiger charge is 2.67. The van der Waals surface area contributed by atoms with E-state index in [1.165, 1.54) is 36.0 Å². The Kier molecular flexibility index (Phi) is 2.55. The summed E-state index contributed by atoms with van der Waals surface area (Å²) in [7, 11) is 0. The second-order valence-corrected chi connectivity index (χ2v) is 7.28. The molecule has 0 spiro atoms. The van der Waals surface area contributed by atoms with Gasteiger partial charge in [0.1, 0.15) is 0 Å². The summed E-state index contributed by atoms with van der Waals surface area (Å²) in [6.07, 6.45) is 4.15. The fraction of sp³-hybridized carbons (Fsp3) is 0.611. The third-order valence-electron chi connectivity index (χ3n) is 5.96. The van der Waals surface area contributed by atoms with E-state index in [0.717, 1.165) is 29.4 Å². The van der Waals surface area contributed by atoms with E-state index in [2.05, 4.69) is 38.2 Å². The molecular formula is C18H23NO. The van der Waals surface area contributed by atoms with E-state index in [4.69, 9.17) is 0 Å². The Bertz CT molecular complexity index is 552. The van der Waals surface area contributed by atoms with Crippen LogP contribution in [0.1, 0.15) is 36.0 Å². The number of fused-ring (bicyclic) bond motifs is 5. The highest BCUT2D eigenvalue weighted by atomic mass is 16.2. The molecule has 3 saturated carbocycles. The molecule has 3 aliphatic rings. The zero-order valence-corrected chi connectivity index (χ0v) is 12.6. The van der Waals surface area contributed by atoms with E-state index in [1.807, 2.05) is 0 Å². The van der Waals surface area contributed by atoms with Crippen molar-refractivity contribution in [3.63, 3.8) is 0 Å². The van der Waals surface area contributed by atoms with Crippen LogP contribution >= 0.6 is 0 Å². The van der Waals surface area contributed by atoms with E-state index in [0.29, 0.717) is 5.92 Å². The first-order chi connectivity index (χ1) is 9.56. The molecule has 0 aliphatic heterocycles. The van der Waals surface area contributed by atoms with Crippen molar-refractivity contribution in [2.45, 2.75) is 40.0 Å². The van der Waals surface area contributed by atoms with E-state index < -0.39 is 0 Å². The first-order valence-electron chi connectivity index (χ1n) is 7.95. The van der Waals surface area contributed by atoms with Crippen molar-refractivity contribution in [1.82, 2.24) is 0 Å². The van der Waals surface area contributed by atoms with Gasteiger partial charge in [-0.15, -0.1) is 0 Å². The molecule has 3 aliphatic carbocycles. The molecular weight excluding hydrogens is 246 g/mol. The predicted octanol–water partition coefficient (Wildman–Crippen LogP) is 3.84. The van der Waals surface area contributed by atoms with Crippen LogP contribution in [0.3, 0.4) is 0 Å². The Hall–Kier alpha value is -1.31. The van der Waals surface area contributed by atoms with Gasteiger partial charge < -0.3 is 5.32 Å². The average Bonchev–Trinajstić information content (AvgIpc) is 2.82. The lowest BCUT2D eigenvalue weighted by molar-refractivity contribution is -0.118. The van der Waals surface area contributed by atoms with Crippen LogP contribution in [-0.2, 0) is 4.79 Å². The maximum atomic E-state index is 12.6. The number of carbonyl (C=O) groups excluding carboxylic acids is 1. The van der Waals surface area contributed by atoms with Gasteiger partial charge in [0.25, 0.3) is 0 Å². The summed E-state index contributed by atoms with van der Waals surface area (Å²) in [5.74, 6) is 3.77. The maximum Gasteiger partial charge on any atom is 0.228 e. The van der Waals surface area contributed by atoms with E-state index in [9.17, 15) is 4.79 Å². The van der Waals surface area contributed by atoms with Crippen LogP contribution in [0.5, 0.6) is 0 Å². The van der Waals surface area contributed by atoms with Crippen LogP contribution in [0.2, 0.25) is 0 Å². The van der Waals surface area contributed by atoms with Crippen molar-refractivity contribution >= 4 is 11.6 Å². The van der Waals surface area contributed by atoms with Crippen molar-refractivity contribution in [3.8, 4) is 0 Å². The monoisotopic (exact) mass is 269 g/mol. The molecule has 2 bridgehead atoms. The standard InChI is InChI=1S/C18H23NO/c1-9-6-10(2)17(11(3)7-9)19-18(20)16-14-12-4-5-13(8-12)15(14)16/h6-7,12-16H,4-5,8H2,1-3H3,(H,19,20)/t12-,13-,14+,15+/m1/s1. The van der Waals surface area contributed by atoms with Gasteiger partial charge in [-0.05, 0) is 74.8 Å². The summed E-state index contributed by atoms with van der Waals surface area (Å²) in [5.41, 5.74) is 4.67. The van der Waals surface area contributed by atoms with E-state index >= 15 is 0 Å². The number of carbonyl (C=O) groups is 1. The Labute approximate surface area is 121 Å². The van der Waals surface area contributed by atoms with Gasteiger partial charge in [-0.3, -0.25) is 4.79 Å². The van der Waals surface area contributed by atoms with Gasteiger partial charge in [-0.2, -0.15) is 0 Å². The molecule has 1 amide bonds. The second-order valence-electron chi connectivity index (χ2n) is 7.28. The molecule has 1 aromatic rings. The van der Waals surface area contributed by atoms with Crippen LogP contribution in [0, 0.1) is 50.4 Å². The Morgan fingerprint density at radius 2 is 1.60 bits per heavy atom. The highest BCUT2D eigenvalue weighted by molar-refractivity contribution is 5.96. The van der Waals surface area contributed by atoms with E-state index in [-0.39, 0.29) is 5.91 Å². The number of nitrogens with one attached hydrogen (secondary N) is 1. The van der Waals surface area contributed by atoms with Gasteiger partial charge in [0.15, 0.2) is 0 Å². The number of aryl methyl sites for hydroxylation is 3. The minimum atomic E-state index is 0.284. The molecule has 0 unspecified atom stereocenters. The van der Waals surface area contributed by atoms with Gasteiger partial charge in [-0.25, -0.2) is 0 Å². The number of hydrogen-bond acceptors (Lipinski definition) is 1. The lowest BCUT2D eigenvalue weighted by Gasteiger charge is -2.14. The molecule has 0 aromatic heterocycles. The summed E-state index contributed by atoms with van der Waals surface area (Å²) in [5, 5.41) is 3.23. The molecule has 0 heterocycles. The largest absolute Gasteiger partial charge is 0.325 e. The minimum Gasteiger partial charge on any atom is -0.325 e. The summed E-state index contributed by atoms with van der Waals surface area (Å²) in [6, 6.07) is 4.31. The predicted molar refractivity (Wildman–Crippen MR) is 80.6 cm³/mol. The van der Waals surface area contributed by atoms with Gasteiger partial charge in [-0.1, -0.05) is 17.7 Å². The van der Waals surface area contributed by atoms with Crippen LogP contribution in [0.25, 0.3) is 0 Å². The number of rotatable bonds is 2. The van der Waals surface area contributed by atoms with Gasteiger partial charge in [0.05, 0.1) is 0 Å². The molecule has 1 N–H and O–H groups in total. The summed E-state index contributed by atoms with van der Waals surface area (Å²) < 4.78 is 0. The maximum absolute atomic E-state index is 12.6. The normalized spacial score (nSPS) is 36.9. The molecule has 0 saturated heterocycles. The molecule has 4 rings (SSSR count). The summed E-state index contributed by atoms with van der Waals surface area (Å²) >= 11 is 0. The summed E-state index contributed by atoms with van der Waals surface area (Å²) in [4.78, 5) is 12.6. The van der Waals surface area contributed by atoms with Crippen molar-refractivity contribution in [3.05, 3.63) is 28.8 Å². The van der Waals surface area contributed by atoms with Gasteiger partial charge in [0.2, 0.25) is 5.91 Å². The number of anilines is 1. The van der Waals surface area contributed by atoms with Gasteiger partial charge in [0, 0.05) is 11.6 Å². The van der Waals surface area contributed by atoms with Crippen LogP contribution < -0.4 is 5.32 Å². The first-order valence-corrected chi connectivity index (χ1v) is 7.95. The lowest BCUT2D eigenvalue weighted by Crippen LogP contribution is -2.19. The molecule has 106 valence electrons. The molecule has 4 atom stereocenters. The SMILES string of the molecule is Cc1cc(C)c(NC(=O)C2[C@H]3[C@@H]4CC[C@H](C4)[C@H]23)c(C)c1. The van der Waals surface area contributed by atoms with Crippen molar-refractivity contribution < 1.29 is 4.79 Å². The number of benzene rings is 1. The molecule has 3 fully saturated rings. The highest BCUT2D eigenvalue weighted by Crippen LogP contribution is 2.69. The van der Waals surface area contributed by atoms with Crippen LogP contribution in [0.15, 0.2) is 12.1 Å². The lowest BCUT2D eigenvalue weighted by atomic mass is 10.0. The fourth-order valence-corrected chi connectivity index (χ4v) is 5.26. The third kappa shape index (κ3) is 1.66. The zero-order chi connectivity index (χ0) is 14.0. The quantitative estimate of drug-likeness (QED) is 0.868. The van der Waals surface area contributed by atoms with Crippen LogP contribution in [-0.4, -0.2) is 5.91 Å². The molecule has 20 heavy (non-hydrogen) atoms. The number of hydrogen-bond donors (Lipinski definition) is 1. The number of amides is 1. The second kappa shape index (κ2) is 4.09. The molecule has 0 radical (unpaired) electrons. The Morgan fingerprint density at radius 1 is 1.05 bits per heavy atom. The third-order valence-corrected chi connectivity index (χ3v) is 5.96. The molecule has 2 heteroatoms. The minimum absolute atomic E-state index is 0.284. The Balaban J connectivity index is 1.52. The molecule has 2 nitrogen and oxygen atoms in total. The smallest absolute Gasteiger partial charge is 0.228 e. The average molecular weight is 269 g/mol. The first kappa shape index (κ1) is 12.4. The topological polar surface area (TPSA) is 29.1 Å². The fourth-order valence-electron chi connectivity index (χ4n) is 5.26. The van der Waals surface area contributed by atoms with Crippen molar-refractivity contribution in [2.24, 2.45) is 29.6 Å². The van der Waals surface area contributed by atoms with E-state index in [1.54, 1.807) is 0 Å².